The smallest absolute Gasteiger partial charge is 0.258 e. The molecule has 0 bridgehead atoms. The minimum Gasteiger partial charge on any atom is -0.481 e. The van der Waals surface area contributed by atoms with Crippen LogP contribution in [0, 0.1) is 0 Å². The van der Waals surface area contributed by atoms with Crippen molar-refractivity contribution in [2.45, 2.75) is 0 Å². The van der Waals surface area contributed by atoms with E-state index in [4.69, 9.17) is 9.47 Å². The molecule has 0 spiro atoms. The van der Waals surface area contributed by atoms with Gasteiger partial charge in [-0.1, -0.05) is 18.2 Å². The Kier molecular flexibility index (Phi) is 4.69. The fourth-order valence-electron chi connectivity index (χ4n) is 1.68. The van der Waals surface area contributed by atoms with Crippen molar-refractivity contribution in [1.29, 1.82) is 0 Å². The fourth-order valence-corrected chi connectivity index (χ4v) is 1.68. The Morgan fingerprint density at radius 2 is 2.16 bits per heavy atom. The van der Waals surface area contributed by atoms with E-state index in [2.05, 4.69) is 10.3 Å². The summed E-state index contributed by atoms with van der Waals surface area (Å²) in [4.78, 5) is 15.8. The molecule has 1 amide bonds. The van der Waals surface area contributed by atoms with Gasteiger partial charge in [0.2, 0.25) is 0 Å². The van der Waals surface area contributed by atoms with Crippen LogP contribution in [0.5, 0.6) is 5.75 Å². The van der Waals surface area contributed by atoms with Gasteiger partial charge in [-0.2, -0.15) is 0 Å². The molecule has 5 heteroatoms. The van der Waals surface area contributed by atoms with Gasteiger partial charge < -0.3 is 14.8 Å². The highest BCUT2D eigenvalue weighted by Crippen LogP contribution is 2.22. The van der Waals surface area contributed by atoms with Crippen LogP contribution in [0.3, 0.4) is 0 Å². The van der Waals surface area contributed by atoms with Crippen LogP contribution in [0.15, 0.2) is 36.5 Å². The van der Waals surface area contributed by atoms with Crippen LogP contribution < -0.4 is 10.1 Å². The second-order valence-corrected chi connectivity index (χ2v) is 3.96. The fraction of sp³-hybridized carbons (Fsp3) is 0.286. The lowest BCUT2D eigenvalue weighted by atomic mass is 10.2. The molecule has 1 aromatic heterocycles. The standard InChI is InChI=1S/C14H16N2O3/c1-18-9-8-15-13(17)10-19-12-6-2-4-11-5-3-7-16-14(11)12/h2-7H,8-10H2,1H3,(H,15,17). The van der Waals surface area contributed by atoms with Crippen molar-refractivity contribution in [3.8, 4) is 5.75 Å². The van der Waals surface area contributed by atoms with Gasteiger partial charge in [-0.05, 0) is 12.1 Å². The van der Waals surface area contributed by atoms with Gasteiger partial charge in [0, 0.05) is 25.2 Å². The number of aromatic nitrogens is 1. The predicted octanol–water partition coefficient (Wildman–Crippen LogP) is 1.38. The van der Waals surface area contributed by atoms with Gasteiger partial charge in [-0.15, -0.1) is 0 Å². The maximum atomic E-state index is 11.5. The Bertz CT molecular complexity index is 552. The zero-order valence-corrected chi connectivity index (χ0v) is 10.8. The first-order valence-electron chi connectivity index (χ1n) is 6.03. The van der Waals surface area contributed by atoms with Crippen LogP contribution in [0.1, 0.15) is 0 Å². The first-order chi connectivity index (χ1) is 9.31. The molecule has 5 nitrogen and oxygen atoms in total. The summed E-state index contributed by atoms with van der Waals surface area (Å²) < 4.78 is 10.3. The summed E-state index contributed by atoms with van der Waals surface area (Å²) in [6.07, 6.45) is 1.70. The maximum Gasteiger partial charge on any atom is 0.258 e. The first kappa shape index (κ1) is 13.3. The number of para-hydroxylation sites is 1. The lowest BCUT2D eigenvalue weighted by Gasteiger charge is -2.08. The van der Waals surface area contributed by atoms with E-state index in [1.54, 1.807) is 19.4 Å². The highest BCUT2D eigenvalue weighted by atomic mass is 16.5. The molecule has 0 aliphatic carbocycles. The Balaban J connectivity index is 1.96. The van der Waals surface area contributed by atoms with Gasteiger partial charge in [0.05, 0.1) is 6.61 Å². The second-order valence-electron chi connectivity index (χ2n) is 3.96. The minimum atomic E-state index is -0.176. The van der Waals surface area contributed by atoms with Crippen molar-refractivity contribution in [2.75, 3.05) is 26.9 Å². The molecule has 1 heterocycles. The Labute approximate surface area is 111 Å². The van der Waals surface area contributed by atoms with Gasteiger partial charge in [-0.25, -0.2) is 0 Å². The number of hydrogen-bond donors (Lipinski definition) is 1. The van der Waals surface area contributed by atoms with Crippen LogP contribution >= 0.6 is 0 Å². The molecule has 0 radical (unpaired) electrons. The van der Waals surface area contributed by atoms with Crippen molar-refractivity contribution < 1.29 is 14.3 Å². The average molecular weight is 260 g/mol. The highest BCUT2D eigenvalue weighted by molar-refractivity contribution is 5.85. The highest BCUT2D eigenvalue weighted by Gasteiger charge is 2.05. The molecule has 19 heavy (non-hydrogen) atoms. The molecule has 0 saturated heterocycles. The van der Waals surface area contributed by atoms with Gasteiger partial charge >= 0.3 is 0 Å². The van der Waals surface area contributed by atoms with Crippen LogP contribution in [0.4, 0.5) is 0 Å². The molecule has 0 saturated carbocycles. The van der Waals surface area contributed by atoms with E-state index in [1.807, 2.05) is 24.3 Å². The predicted molar refractivity (Wildman–Crippen MR) is 72.1 cm³/mol. The molecule has 1 N–H and O–H groups in total. The molecular weight excluding hydrogens is 244 g/mol. The van der Waals surface area contributed by atoms with Crippen molar-refractivity contribution in [2.24, 2.45) is 0 Å². The first-order valence-corrected chi connectivity index (χ1v) is 6.03. The summed E-state index contributed by atoms with van der Waals surface area (Å²) in [5.74, 6) is 0.435. The van der Waals surface area contributed by atoms with E-state index in [1.165, 1.54) is 0 Å². The normalized spacial score (nSPS) is 10.4. The third kappa shape index (κ3) is 3.66. The van der Waals surface area contributed by atoms with Crippen LogP contribution in [-0.4, -0.2) is 37.8 Å². The maximum absolute atomic E-state index is 11.5. The van der Waals surface area contributed by atoms with Gasteiger partial charge in [0.1, 0.15) is 11.3 Å². The zero-order valence-electron chi connectivity index (χ0n) is 10.8. The molecule has 2 rings (SSSR count). The monoisotopic (exact) mass is 260 g/mol. The third-order valence-electron chi connectivity index (χ3n) is 2.58. The van der Waals surface area contributed by atoms with Crippen LogP contribution in [0.2, 0.25) is 0 Å². The summed E-state index contributed by atoms with van der Waals surface area (Å²) in [6, 6.07) is 9.45. The lowest BCUT2D eigenvalue weighted by molar-refractivity contribution is -0.123. The van der Waals surface area contributed by atoms with Crippen molar-refractivity contribution >= 4 is 16.8 Å². The van der Waals surface area contributed by atoms with Crippen molar-refractivity contribution in [3.63, 3.8) is 0 Å². The Hall–Kier alpha value is -2.14. The number of ether oxygens (including phenoxy) is 2. The van der Waals surface area contributed by atoms with Crippen LogP contribution in [-0.2, 0) is 9.53 Å². The second kappa shape index (κ2) is 6.70. The SMILES string of the molecule is COCCNC(=O)COc1cccc2cccnc12. The summed E-state index contributed by atoms with van der Waals surface area (Å²) in [5.41, 5.74) is 0.759. The summed E-state index contributed by atoms with van der Waals surface area (Å²) in [5, 5.41) is 3.68. The molecule has 0 unspecified atom stereocenters. The number of fused-ring (bicyclic) bond motifs is 1. The van der Waals surface area contributed by atoms with Crippen molar-refractivity contribution in [1.82, 2.24) is 10.3 Å². The number of carbonyl (C=O) groups excluding carboxylic acids is 1. The van der Waals surface area contributed by atoms with Gasteiger partial charge in [0.15, 0.2) is 6.61 Å². The van der Waals surface area contributed by atoms with Crippen molar-refractivity contribution in [3.05, 3.63) is 36.5 Å². The summed E-state index contributed by atoms with van der Waals surface area (Å²) in [7, 11) is 1.59. The number of nitrogens with one attached hydrogen (secondary N) is 1. The number of carbonyl (C=O) groups is 1. The molecule has 0 aliphatic rings. The Morgan fingerprint density at radius 1 is 1.32 bits per heavy atom. The number of benzene rings is 1. The molecule has 0 aliphatic heterocycles. The molecule has 100 valence electrons. The van der Waals surface area contributed by atoms with Gasteiger partial charge in [-0.3, -0.25) is 9.78 Å². The molecule has 0 fully saturated rings. The van der Waals surface area contributed by atoms with E-state index in [-0.39, 0.29) is 12.5 Å². The number of pyridine rings is 1. The number of hydrogen-bond acceptors (Lipinski definition) is 4. The molecular formula is C14H16N2O3. The summed E-state index contributed by atoms with van der Waals surface area (Å²) in [6.45, 7) is 0.938. The number of rotatable bonds is 6. The number of nitrogens with zero attached hydrogens (tertiary/aromatic N) is 1. The molecule has 1 aromatic carbocycles. The Morgan fingerprint density at radius 3 is 3.00 bits per heavy atom. The van der Waals surface area contributed by atoms with E-state index in [9.17, 15) is 4.79 Å². The van der Waals surface area contributed by atoms with Gasteiger partial charge in [0.25, 0.3) is 5.91 Å². The van der Waals surface area contributed by atoms with E-state index in [0.717, 1.165) is 10.9 Å². The summed E-state index contributed by atoms with van der Waals surface area (Å²) >= 11 is 0. The average Bonchev–Trinajstić information content (AvgIpc) is 2.45. The number of methoxy groups -OCH3 is 1. The largest absolute Gasteiger partial charge is 0.481 e. The molecule has 2 aromatic rings. The van der Waals surface area contributed by atoms with E-state index >= 15 is 0 Å². The molecule has 0 atom stereocenters. The number of amides is 1. The topological polar surface area (TPSA) is 60.5 Å². The van der Waals surface area contributed by atoms with E-state index < -0.39 is 0 Å². The minimum absolute atomic E-state index is 0.0284. The van der Waals surface area contributed by atoms with E-state index in [0.29, 0.717) is 18.9 Å². The quantitative estimate of drug-likeness (QED) is 0.797. The zero-order chi connectivity index (χ0) is 13.5. The third-order valence-corrected chi connectivity index (χ3v) is 2.58. The van der Waals surface area contributed by atoms with Crippen LogP contribution in [0.25, 0.3) is 10.9 Å². The lowest BCUT2D eigenvalue weighted by Crippen LogP contribution is -2.31.